The predicted octanol–water partition coefficient (Wildman–Crippen LogP) is 8.53. The topological polar surface area (TPSA) is 144 Å². The number of halogens is 5. The van der Waals surface area contributed by atoms with Crippen molar-refractivity contribution >= 4 is 78.5 Å². The lowest BCUT2D eigenvalue weighted by Crippen LogP contribution is -2.49. The van der Waals surface area contributed by atoms with E-state index in [1.807, 2.05) is 54.1 Å². The fourth-order valence-corrected chi connectivity index (χ4v) is 13.3. The number of nitrogens with one attached hydrogen (secondary N) is 3. The van der Waals surface area contributed by atoms with Crippen LogP contribution in [0.3, 0.4) is 0 Å². The lowest BCUT2D eigenvalue weighted by atomic mass is 9.71. The van der Waals surface area contributed by atoms with Crippen molar-refractivity contribution in [3.63, 3.8) is 0 Å². The second-order valence-corrected chi connectivity index (χ2v) is 24.8. The van der Waals surface area contributed by atoms with E-state index in [4.69, 9.17) is 16.3 Å². The van der Waals surface area contributed by atoms with Crippen LogP contribution in [0.15, 0.2) is 117 Å². The van der Waals surface area contributed by atoms with Gasteiger partial charge in [0.15, 0.2) is 0 Å². The normalized spacial score (nSPS) is 21.3. The van der Waals surface area contributed by atoms with Crippen molar-refractivity contribution in [2.45, 2.75) is 71.9 Å². The van der Waals surface area contributed by atoms with Crippen LogP contribution < -0.4 is 20.3 Å². The van der Waals surface area contributed by atoms with Gasteiger partial charge in [-0.25, -0.2) is 21.6 Å². The first-order valence-electron chi connectivity index (χ1n) is 24.6. The first kappa shape index (κ1) is 56.8. The van der Waals surface area contributed by atoms with Crippen LogP contribution in [0.1, 0.15) is 55.5 Å². The maximum Gasteiger partial charge on any atom is 0.501 e. The third kappa shape index (κ3) is 14.9. The Labute approximate surface area is 444 Å². The molecule has 73 heavy (non-hydrogen) atoms. The third-order valence-corrected chi connectivity index (χ3v) is 18.4. The van der Waals surface area contributed by atoms with Crippen molar-refractivity contribution in [2.24, 2.45) is 5.41 Å². The number of hydrogen-bond donors (Lipinski definition) is 3. The highest BCUT2D eigenvalue weighted by molar-refractivity contribution is 7.99. The van der Waals surface area contributed by atoms with Crippen LogP contribution in [0.25, 0.3) is 5.57 Å². The van der Waals surface area contributed by atoms with Crippen molar-refractivity contribution in [1.82, 2.24) is 24.7 Å². The van der Waals surface area contributed by atoms with Gasteiger partial charge in [0, 0.05) is 118 Å². The quantitative estimate of drug-likeness (QED) is 0.0821. The molecule has 1 aliphatic carbocycles. The number of alkyl halides is 3. The van der Waals surface area contributed by atoms with Crippen molar-refractivity contribution < 1.29 is 39.5 Å². The highest BCUT2D eigenvalue weighted by Crippen LogP contribution is 2.44. The third-order valence-electron chi connectivity index (χ3n) is 14.1. The Morgan fingerprint density at radius 3 is 2.26 bits per heavy atom. The van der Waals surface area contributed by atoms with Gasteiger partial charge in [-0.1, -0.05) is 54.4 Å². The molecule has 0 bridgehead atoms. The number of sulfonamides is 1. The van der Waals surface area contributed by atoms with Gasteiger partial charge in [-0.3, -0.25) is 14.6 Å². The van der Waals surface area contributed by atoms with Crippen molar-refractivity contribution in [3.8, 4) is 0 Å². The molecule has 3 N–H and O–H groups in total. The summed E-state index contributed by atoms with van der Waals surface area (Å²) in [5, 5.41) is 7.20. The largest absolute Gasteiger partial charge is 0.501 e. The maximum absolute atomic E-state index is 14.3. The minimum atomic E-state index is -6.07. The molecular weight excluding hydrogens is 1040 g/mol. The molecule has 8 rings (SSSR count). The first-order valence-corrected chi connectivity index (χ1v) is 29.0. The van der Waals surface area contributed by atoms with E-state index in [9.17, 15) is 34.8 Å². The summed E-state index contributed by atoms with van der Waals surface area (Å²) >= 11 is 7.74. The van der Waals surface area contributed by atoms with E-state index in [0.717, 1.165) is 107 Å². The van der Waals surface area contributed by atoms with E-state index in [0.29, 0.717) is 49.5 Å². The summed E-state index contributed by atoms with van der Waals surface area (Å²) in [4.78, 5) is 21.8. The van der Waals surface area contributed by atoms with Gasteiger partial charge in [-0.2, -0.15) is 13.2 Å². The number of benzene rings is 4. The Morgan fingerprint density at radius 2 is 1.59 bits per heavy atom. The van der Waals surface area contributed by atoms with Gasteiger partial charge in [0.05, 0.1) is 23.3 Å². The summed E-state index contributed by atoms with van der Waals surface area (Å²) in [6.45, 7) is 16.0. The molecule has 0 aromatic heterocycles. The van der Waals surface area contributed by atoms with E-state index in [1.54, 1.807) is 12.1 Å². The van der Waals surface area contributed by atoms with Gasteiger partial charge in [-0.05, 0) is 116 Å². The standard InChI is InChI=1S/C52H65ClF3N7O6S3.ClH/c1-38-34-60(30-31-69-38)23-19-43(36-70-45-6-4-3-5-7-45)58-48-17-16-46(32-49(48)71(65,66)52(54,55)56)72(67,68)59-50(64)40-10-14-44(15-11-40)63-28-26-61(27-29-63)35-41-33-51(2,37-62-24-21-57-22-25-62)20-18-47(41)39-8-12-42(53)13-9-39;/h3-17,32,38,43,57-58H,18-31,33-37H2,1-2H3,(H,59,64);1H/t38?,43-,51?;/m1./s1. The molecule has 13 nitrogen and oxygen atoms in total. The molecule has 2 unspecified atom stereocenters. The zero-order valence-electron chi connectivity index (χ0n) is 41.2. The Kier molecular flexibility index (Phi) is 19.3. The molecule has 4 aromatic rings. The SMILES string of the molecule is CC1CN(CC[C@H](CSc2ccccc2)Nc2ccc(S(=O)(=O)NC(=O)c3ccc(N4CCN(CC5=C(c6ccc(Cl)cc6)CCC(C)(CN6CCNCC6)C5)CC4)cc3)cc2S(=O)(=O)C(F)(F)F)CCO1.Cl. The summed E-state index contributed by atoms with van der Waals surface area (Å²) in [6.07, 6.45) is 3.60. The summed E-state index contributed by atoms with van der Waals surface area (Å²) in [5.74, 6) is -0.659. The van der Waals surface area contributed by atoms with Crippen LogP contribution in [0, 0.1) is 5.41 Å². The Hall–Kier alpha value is -3.89. The molecule has 3 saturated heterocycles. The molecule has 0 radical (unpaired) electrons. The predicted molar refractivity (Wildman–Crippen MR) is 287 cm³/mol. The van der Waals surface area contributed by atoms with Gasteiger partial charge >= 0.3 is 5.51 Å². The van der Waals surface area contributed by atoms with Gasteiger partial charge in [0.25, 0.3) is 25.8 Å². The molecule has 1 amide bonds. The maximum atomic E-state index is 14.3. The number of amides is 1. The van der Waals surface area contributed by atoms with Crippen LogP contribution in [0.2, 0.25) is 5.02 Å². The number of carbonyl (C=O) groups excluding carboxylic acids is 1. The second-order valence-electron chi connectivity index (χ2n) is 19.7. The minimum Gasteiger partial charge on any atom is -0.380 e. The Balaban J connectivity index is 0.00000780. The summed E-state index contributed by atoms with van der Waals surface area (Å²) in [6, 6.07) is 26.0. The molecule has 3 heterocycles. The lowest BCUT2D eigenvalue weighted by Gasteiger charge is -2.43. The van der Waals surface area contributed by atoms with Crippen molar-refractivity contribution in [1.29, 1.82) is 0 Å². The fourth-order valence-electron chi connectivity index (χ4n) is 10.2. The molecule has 4 aromatic carbocycles. The molecule has 0 saturated carbocycles. The molecular formula is C52H66Cl2F3N7O6S3. The summed E-state index contributed by atoms with van der Waals surface area (Å²) in [7, 11) is -10.9. The number of carbonyl (C=O) groups is 1. The smallest absolute Gasteiger partial charge is 0.380 e. The lowest BCUT2D eigenvalue weighted by molar-refractivity contribution is -0.0435. The van der Waals surface area contributed by atoms with Crippen LogP contribution >= 0.6 is 35.8 Å². The number of rotatable bonds is 18. The highest BCUT2D eigenvalue weighted by atomic mass is 35.5. The van der Waals surface area contributed by atoms with Gasteiger partial charge < -0.3 is 25.2 Å². The number of sulfone groups is 1. The van der Waals surface area contributed by atoms with Crippen LogP contribution in [-0.2, 0) is 24.6 Å². The zero-order valence-corrected chi connectivity index (χ0v) is 45.2. The molecule has 3 aliphatic heterocycles. The summed E-state index contributed by atoms with van der Waals surface area (Å²) in [5.41, 5.74) is -1.03. The van der Waals surface area contributed by atoms with E-state index < -0.39 is 52.8 Å². The average Bonchev–Trinajstić information content (AvgIpc) is 3.35. The van der Waals surface area contributed by atoms with Crippen molar-refractivity contribution in [3.05, 3.63) is 119 Å². The number of anilines is 2. The number of nitrogens with zero attached hydrogens (tertiary/aromatic N) is 4. The first-order chi connectivity index (χ1) is 34.3. The van der Waals surface area contributed by atoms with Crippen molar-refractivity contribution in [2.75, 3.05) is 108 Å². The number of hydrogen-bond acceptors (Lipinski definition) is 13. The molecule has 21 heteroatoms. The summed E-state index contributed by atoms with van der Waals surface area (Å²) < 4.78 is 104. The average molecular weight is 1110 g/mol. The number of morpholine rings is 1. The molecule has 0 spiro atoms. The Morgan fingerprint density at radius 1 is 0.890 bits per heavy atom. The highest BCUT2D eigenvalue weighted by Gasteiger charge is 2.48. The Bertz CT molecular complexity index is 2750. The number of piperazine rings is 2. The van der Waals surface area contributed by atoms with Gasteiger partial charge in [0.1, 0.15) is 4.90 Å². The molecule has 4 aliphatic rings. The van der Waals surface area contributed by atoms with Crippen LogP contribution in [0.4, 0.5) is 24.5 Å². The molecule has 3 fully saturated rings. The van der Waals surface area contributed by atoms with E-state index in [2.05, 4.69) is 49.3 Å². The van der Waals surface area contributed by atoms with Gasteiger partial charge in [0.2, 0.25) is 0 Å². The van der Waals surface area contributed by atoms with Gasteiger partial charge in [-0.15, -0.1) is 24.2 Å². The number of thioether (sulfide) groups is 1. The number of allylic oxidation sites excluding steroid dienone is 1. The molecule has 3 atom stereocenters. The fraction of sp³-hybridized carbons (Fsp3) is 0.481. The van der Waals surface area contributed by atoms with E-state index >= 15 is 0 Å². The molecule has 398 valence electrons. The van der Waals surface area contributed by atoms with Crippen LogP contribution in [-0.4, -0.2) is 153 Å². The minimum absolute atomic E-state index is 0. The van der Waals surface area contributed by atoms with Crippen LogP contribution in [0.5, 0.6) is 0 Å². The monoisotopic (exact) mass is 1110 g/mol. The second kappa shape index (κ2) is 24.8. The van der Waals surface area contributed by atoms with E-state index in [-0.39, 0.29) is 29.5 Å². The van der Waals surface area contributed by atoms with E-state index in [1.165, 1.54) is 40.6 Å². The zero-order chi connectivity index (χ0) is 51.1. The number of ether oxygens (including phenoxy) is 1.